The summed E-state index contributed by atoms with van der Waals surface area (Å²) in [5.74, 6) is -0.228. The molecule has 0 spiro atoms. The largest absolute Gasteiger partial charge is 0.383 e. The van der Waals surface area contributed by atoms with Gasteiger partial charge in [-0.2, -0.15) is 0 Å². The minimum atomic E-state index is -3.66. The molecule has 1 amide bonds. The van der Waals surface area contributed by atoms with E-state index in [-0.39, 0.29) is 42.4 Å². The van der Waals surface area contributed by atoms with Crippen molar-refractivity contribution < 1.29 is 17.9 Å². The van der Waals surface area contributed by atoms with Crippen molar-refractivity contribution in [2.24, 2.45) is 0 Å². The van der Waals surface area contributed by atoms with Crippen LogP contribution in [0.25, 0.3) is 0 Å². The second kappa shape index (κ2) is 10.1. The lowest BCUT2D eigenvalue weighted by Gasteiger charge is -2.24. The van der Waals surface area contributed by atoms with Crippen LogP contribution in [-0.4, -0.2) is 53.7 Å². The van der Waals surface area contributed by atoms with E-state index in [1.807, 2.05) is 0 Å². The van der Waals surface area contributed by atoms with E-state index >= 15 is 0 Å². The van der Waals surface area contributed by atoms with Crippen molar-refractivity contribution in [3.05, 3.63) is 29.3 Å². The van der Waals surface area contributed by atoms with Crippen LogP contribution in [0.3, 0.4) is 0 Å². The normalized spacial score (nSPS) is 15.4. The first-order valence-corrected chi connectivity index (χ1v) is 9.53. The van der Waals surface area contributed by atoms with Gasteiger partial charge < -0.3 is 15.4 Å². The highest BCUT2D eigenvalue weighted by molar-refractivity contribution is 7.89. The van der Waals surface area contributed by atoms with Gasteiger partial charge in [0.05, 0.1) is 11.5 Å². The minimum Gasteiger partial charge on any atom is -0.383 e. The topological polar surface area (TPSA) is 96.5 Å². The van der Waals surface area contributed by atoms with Gasteiger partial charge in [-0.15, -0.1) is 12.4 Å². The van der Waals surface area contributed by atoms with Crippen LogP contribution < -0.4 is 15.4 Å². The number of halogens is 1. The third-order valence-corrected chi connectivity index (χ3v) is 5.50. The predicted molar refractivity (Wildman–Crippen MR) is 98.8 cm³/mol. The van der Waals surface area contributed by atoms with E-state index in [0.717, 1.165) is 31.5 Å². The second-order valence-electron chi connectivity index (χ2n) is 5.87. The lowest BCUT2D eigenvalue weighted by Crippen LogP contribution is -2.42. The molecule has 1 aromatic rings. The molecular weight excluding hydrogens is 366 g/mol. The number of carbonyl (C=O) groups excluding carboxylic acids is 1. The number of nitrogens with one attached hydrogen (secondary N) is 3. The summed E-state index contributed by atoms with van der Waals surface area (Å²) in [6.45, 7) is 4.02. The van der Waals surface area contributed by atoms with Gasteiger partial charge in [0.2, 0.25) is 10.0 Å². The Labute approximate surface area is 155 Å². The average molecular weight is 392 g/mol. The van der Waals surface area contributed by atoms with E-state index in [4.69, 9.17) is 4.74 Å². The zero-order valence-electron chi connectivity index (χ0n) is 14.5. The first-order valence-electron chi connectivity index (χ1n) is 8.05. The third kappa shape index (κ3) is 6.23. The van der Waals surface area contributed by atoms with Gasteiger partial charge >= 0.3 is 0 Å². The van der Waals surface area contributed by atoms with Crippen LogP contribution >= 0.6 is 12.4 Å². The van der Waals surface area contributed by atoms with Crippen molar-refractivity contribution in [2.45, 2.75) is 30.7 Å². The number of methoxy groups -OCH3 is 1. The van der Waals surface area contributed by atoms with Crippen molar-refractivity contribution in [1.82, 2.24) is 15.4 Å². The average Bonchev–Trinajstić information content (AvgIpc) is 2.56. The molecule has 0 aromatic heterocycles. The summed E-state index contributed by atoms with van der Waals surface area (Å²) in [6.07, 6.45) is 1.75. The van der Waals surface area contributed by atoms with Gasteiger partial charge in [0.1, 0.15) is 0 Å². The summed E-state index contributed by atoms with van der Waals surface area (Å²) in [5.41, 5.74) is 1.14. The number of amides is 1. The number of hydrogen-bond donors (Lipinski definition) is 3. The Hall–Kier alpha value is -1.19. The van der Waals surface area contributed by atoms with Crippen LogP contribution in [-0.2, 0) is 14.8 Å². The predicted octanol–water partition coefficient (Wildman–Crippen LogP) is 0.823. The van der Waals surface area contributed by atoms with Crippen LogP contribution in [0.15, 0.2) is 23.1 Å². The number of carbonyl (C=O) groups is 1. The molecule has 0 bridgehead atoms. The number of benzene rings is 1. The third-order valence-electron chi connectivity index (χ3n) is 4.04. The van der Waals surface area contributed by atoms with E-state index < -0.39 is 10.0 Å². The smallest absolute Gasteiger partial charge is 0.251 e. The number of rotatable bonds is 7. The molecule has 1 aromatic carbocycles. The van der Waals surface area contributed by atoms with Gasteiger partial charge in [0, 0.05) is 25.3 Å². The van der Waals surface area contributed by atoms with E-state index in [1.54, 1.807) is 13.0 Å². The van der Waals surface area contributed by atoms with Crippen molar-refractivity contribution in [2.75, 3.05) is 33.4 Å². The Morgan fingerprint density at radius 3 is 2.64 bits per heavy atom. The quantitative estimate of drug-likeness (QED) is 0.598. The maximum Gasteiger partial charge on any atom is 0.251 e. The van der Waals surface area contributed by atoms with Gasteiger partial charge in [0.25, 0.3) is 5.91 Å². The molecule has 1 saturated heterocycles. The number of aryl methyl sites for hydroxylation is 1. The van der Waals surface area contributed by atoms with Crippen LogP contribution in [0, 0.1) is 6.92 Å². The van der Waals surface area contributed by atoms with Gasteiger partial charge in [-0.05, 0) is 50.6 Å². The van der Waals surface area contributed by atoms with E-state index in [9.17, 15) is 13.2 Å². The van der Waals surface area contributed by atoms with Crippen molar-refractivity contribution in [3.8, 4) is 0 Å². The monoisotopic (exact) mass is 391 g/mol. The molecule has 2 rings (SSSR count). The standard InChI is InChI=1S/C16H25N3O4S.ClH/c1-12-3-4-14(24(21,22)18-9-10-23-2)11-15(12)16(20)19-13-5-7-17-8-6-13;/h3-4,11,13,17-18H,5-10H2,1-2H3,(H,19,20);1H. The van der Waals surface area contributed by atoms with Crippen LogP contribution in [0.5, 0.6) is 0 Å². The SMILES string of the molecule is COCCNS(=O)(=O)c1ccc(C)c(C(=O)NC2CCNCC2)c1.Cl. The lowest BCUT2D eigenvalue weighted by atomic mass is 10.0. The molecule has 0 aliphatic carbocycles. The molecule has 1 aliphatic heterocycles. The molecule has 9 heteroatoms. The van der Waals surface area contributed by atoms with E-state index in [0.29, 0.717) is 5.56 Å². The summed E-state index contributed by atoms with van der Waals surface area (Å²) in [5, 5.41) is 6.24. The molecule has 0 radical (unpaired) electrons. The zero-order valence-corrected chi connectivity index (χ0v) is 16.1. The first kappa shape index (κ1) is 21.9. The number of piperidine rings is 1. The Kier molecular flexibility index (Phi) is 8.81. The molecule has 3 N–H and O–H groups in total. The highest BCUT2D eigenvalue weighted by Gasteiger charge is 2.20. The zero-order chi connectivity index (χ0) is 17.6. The maximum absolute atomic E-state index is 12.5. The molecule has 25 heavy (non-hydrogen) atoms. The Morgan fingerprint density at radius 1 is 1.32 bits per heavy atom. The lowest BCUT2D eigenvalue weighted by molar-refractivity contribution is 0.0928. The van der Waals surface area contributed by atoms with E-state index in [2.05, 4.69) is 15.4 Å². The summed E-state index contributed by atoms with van der Waals surface area (Å²) >= 11 is 0. The fourth-order valence-electron chi connectivity index (χ4n) is 2.60. The fraction of sp³-hybridized carbons (Fsp3) is 0.562. The highest BCUT2D eigenvalue weighted by Crippen LogP contribution is 2.16. The van der Waals surface area contributed by atoms with Gasteiger partial charge in [-0.1, -0.05) is 6.07 Å². The van der Waals surface area contributed by atoms with Crippen molar-refractivity contribution in [3.63, 3.8) is 0 Å². The minimum absolute atomic E-state index is 0. The van der Waals surface area contributed by atoms with E-state index in [1.165, 1.54) is 19.2 Å². The number of sulfonamides is 1. The number of hydrogen-bond acceptors (Lipinski definition) is 5. The Balaban J connectivity index is 0.00000312. The summed E-state index contributed by atoms with van der Waals surface area (Å²) in [7, 11) is -2.16. The van der Waals surface area contributed by atoms with Crippen molar-refractivity contribution >= 4 is 28.3 Å². The second-order valence-corrected chi connectivity index (χ2v) is 7.63. The van der Waals surface area contributed by atoms with Crippen LogP contribution in [0.2, 0.25) is 0 Å². The van der Waals surface area contributed by atoms with Gasteiger partial charge in [-0.3, -0.25) is 4.79 Å². The molecule has 7 nitrogen and oxygen atoms in total. The van der Waals surface area contributed by atoms with Gasteiger partial charge in [0.15, 0.2) is 0 Å². The maximum atomic E-state index is 12.5. The van der Waals surface area contributed by atoms with Crippen LogP contribution in [0.4, 0.5) is 0 Å². The molecule has 1 fully saturated rings. The molecule has 142 valence electrons. The van der Waals surface area contributed by atoms with Crippen molar-refractivity contribution in [1.29, 1.82) is 0 Å². The summed E-state index contributed by atoms with van der Waals surface area (Å²) in [6, 6.07) is 4.72. The Morgan fingerprint density at radius 2 is 2.00 bits per heavy atom. The fourth-order valence-corrected chi connectivity index (χ4v) is 3.64. The molecule has 1 aliphatic rings. The van der Waals surface area contributed by atoms with Gasteiger partial charge in [-0.25, -0.2) is 13.1 Å². The first-order chi connectivity index (χ1) is 11.4. The summed E-state index contributed by atoms with van der Waals surface area (Å²) in [4.78, 5) is 12.6. The highest BCUT2D eigenvalue weighted by atomic mass is 35.5. The molecule has 0 saturated carbocycles. The molecule has 0 unspecified atom stereocenters. The molecule has 1 heterocycles. The molecular formula is C16H26ClN3O4S. The van der Waals surface area contributed by atoms with Crippen LogP contribution in [0.1, 0.15) is 28.8 Å². The molecule has 0 atom stereocenters. The number of ether oxygens (including phenoxy) is 1. The summed E-state index contributed by atoms with van der Waals surface area (Å²) < 4.78 is 31.8. The Bertz CT molecular complexity index is 676.